The molecule has 0 aliphatic carbocycles. The van der Waals surface area contributed by atoms with E-state index in [4.69, 9.17) is 9.72 Å². The highest BCUT2D eigenvalue weighted by Crippen LogP contribution is 2.38. The minimum atomic E-state index is -0.440. The lowest BCUT2D eigenvalue weighted by molar-refractivity contribution is -0.384. The third kappa shape index (κ3) is 2.71. The van der Waals surface area contributed by atoms with E-state index < -0.39 is 4.92 Å². The van der Waals surface area contributed by atoms with Gasteiger partial charge in [-0.25, -0.2) is 4.98 Å². The van der Waals surface area contributed by atoms with Gasteiger partial charge < -0.3 is 15.0 Å². The average Bonchev–Trinajstić information content (AvgIpc) is 3.12. The Kier molecular flexibility index (Phi) is 3.80. The number of nitrogens with one attached hydrogen (secondary N) is 2. The first-order valence-corrected chi connectivity index (χ1v) is 9.04. The minimum absolute atomic E-state index is 0.0252. The number of pyridine rings is 1. The number of rotatable bonds is 4. The summed E-state index contributed by atoms with van der Waals surface area (Å²) in [5.74, 6) is 0.393. The molecule has 29 heavy (non-hydrogen) atoms. The van der Waals surface area contributed by atoms with E-state index in [0.717, 1.165) is 38.5 Å². The van der Waals surface area contributed by atoms with Gasteiger partial charge in [0.2, 0.25) is 0 Å². The van der Waals surface area contributed by atoms with Crippen LogP contribution in [0.15, 0.2) is 66.7 Å². The Labute approximate surface area is 165 Å². The molecule has 0 saturated heterocycles. The Morgan fingerprint density at radius 2 is 1.79 bits per heavy atom. The summed E-state index contributed by atoms with van der Waals surface area (Å²) in [4.78, 5) is 19.0. The molecule has 5 aromatic rings. The van der Waals surface area contributed by atoms with E-state index in [2.05, 4.69) is 10.3 Å². The number of methoxy groups -OCH3 is 1. The summed E-state index contributed by atoms with van der Waals surface area (Å²) in [5.41, 5.74) is 5.02. The van der Waals surface area contributed by atoms with Crippen LogP contribution in [0.2, 0.25) is 0 Å². The zero-order chi connectivity index (χ0) is 20.0. The van der Waals surface area contributed by atoms with Gasteiger partial charge in [0.1, 0.15) is 5.75 Å². The van der Waals surface area contributed by atoms with Gasteiger partial charge in [0.15, 0.2) is 0 Å². The Balaban J connectivity index is 1.78. The molecule has 2 N–H and O–H groups in total. The van der Waals surface area contributed by atoms with Gasteiger partial charge in [-0.3, -0.25) is 10.1 Å². The topological polar surface area (TPSA) is 93.1 Å². The zero-order valence-electron chi connectivity index (χ0n) is 15.5. The molecule has 0 aliphatic heterocycles. The molecule has 0 radical (unpaired) electrons. The van der Waals surface area contributed by atoms with Crippen molar-refractivity contribution in [2.24, 2.45) is 0 Å². The zero-order valence-corrected chi connectivity index (χ0v) is 15.5. The number of para-hydroxylation sites is 2. The third-order valence-electron chi connectivity index (χ3n) is 4.99. The molecular formula is C22H16N4O3. The van der Waals surface area contributed by atoms with Crippen LogP contribution in [0.5, 0.6) is 5.75 Å². The highest BCUT2D eigenvalue weighted by Gasteiger charge is 2.17. The second-order valence-corrected chi connectivity index (χ2v) is 6.66. The molecule has 0 bridgehead atoms. The van der Waals surface area contributed by atoms with Crippen molar-refractivity contribution in [1.82, 2.24) is 9.97 Å². The van der Waals surface area contributed by atoms with Crippen LogP contribution in [0.4, 0.5) is 17.1 Å². The van der Waals surface area contributed by atoms with Crippen molar-refractivity contribution < 1.29 is 9.66 Å². The van der Waals surface area contributed by atoms with Crippen LogP contribution < -0.4 is 10.1 Å². The van der Waals surface area contributed by atoms with Crippen LogP contribution >= 0.6 is 0 Å². The van der Waals surface area contributed by atoms with Crippen molar-refractivity contribution in [2.45, 2.75) is 0 Å². The predicted molar refractivity (Wildman–Crippen MR) is 114 cm³/mol. The van der Waals surface area contributed by atoms with E-state index in [9.17, 15) is 10.1 Å². The number of nitro benzene ring substituents is 1. The van der Waals surface area contributed by atoms with E-state index >= 15 is 0 Å². The number of aromatic amines is 1. The Morgan fingerprint density at radius 1 is 1.03 bits per heavy atom. The fraction of sp³-hybridized carbons (Fsp3) is 0.0455. The lowest BCUT2D eigenvalue weighted by atomic mass is 10.1. The number of fused-ring (bicyclic) bond motifs is 4. The molecule has 0 fully saturated rings. The van der Waals surface area contributed by atoms with E-state index in [1.54, 1.807) is 6.07 Å². The van der Waals surface area contributed by atoms with Crippen molar-refractivity contribution in [2.75, 3.05) is 12.4 Å². The van der Waals surface area contributed by atoms with Gasteiger partial charge in [-0.2, -0.15) is 0 Å². The Morgan fingerprint density at radius 3 is 2.59 bits per heavy atom. The van der Waals surface area contributed by atoms with Crippen LogP contribution in [0.25, 0.3) is 32.8 Å². The highest BCUT2D eigenvalue weighted by atomic mass is 16.6. The van der Waals surface area contributed by atoms with Crippen LogP contribution in [0.3, 0.4) is 0 Å². The molecule has 2 heterocycles. The number of ether oxygens (including phenoxy) is 1. The number of H-pyrrole nitrogens is 1. The number of nitro groups is 1. The fourth-order valence-corrected chi connectivity index (χ4v) is 3.62. The molecular weight excluding hydrogens is 368 g/mol. The number of hydrogen-bond acceptors (Lipinski definition) is 5. The number of anilines is 2. The summed E-state index contributed by atoms with van der Waals surface area (Å²) in [6.07, 6.45) is 0. The van der Waals surface area contributed by atoms with Crippen LogP contribution in [0, 0.1) is 10.1 Å². The van der Waals surface area contributed by atoms with Crippen LogP contribution in [-0.4, -0.2) is 22.0 Å². The molecule has 7 nitrogen and oxygen atoms in total. The summed E-state index contributed by atoms with van der Waals surface area (Å²) in [6, 6.07) is 20.4. The largest absolute Gasteiger partial charge is 0.494 e. The number of non-ortho nitro benzene ring substituents is 1. The smallest absolute Gasteiger partial charge is 0.273 e. The minimum Gasteiger partial charge on any atom is -0.494 e. The maximum absolute atomic E-state index is 11.1. The molecule has 0 amide bonds. The van der Waals surface area contributed by atoms with Crippen molar-refractivity contribution in [3.05, 3.63) is 76.8 Å². The van der Waals surface area contributed by atoms with E-state index in [0.29, 0.717) is 11.4 Å². The molecule has 0 saturated carbocycles. The van der Waals surface area contributed by atoms with Gasteiger partial charge in [0, 0.05) is 22.4 Å². The second-order valence-electron chi connectivity index (χ2n) is 6.66. The molecule has 5 rings (SSSR count). The molecule has 0 unspecified atom stereocenters. The fourth-order valence-electron chi connectivity index (χ4n) is 3.62. The first-order chi connectivity index (χ1) is 14.2. The summed E-state index contributed by atoms with van der Waals surface area (Å²) in [7, 11) is 1.49. The molecule has 0 atom stereocenters. The van der Waals surface area contributed by atoms with Crippen molar-refractivity contribution >= 4 is 49.9 Å². The van der Waals surface area contributed by atoms with Gasteiger partial charge in [-0.15, -0.1) is 0 Å². The SMILES string of the molecule is COc1cc([N+](=O)[O-])ccc1Nc1c2ccccc2nc2c1[nH]c1ccccc12. The maximum atomic E-state index is 11.1. The molecule has 142 valence electrons. The van der Waals surface area contributed by atoms with Crippen LogP contribution in [-0.2, 0) is 0 Å². The first-order valence-electron chi connectivity index (χ1n) is 9.04. The number of benzene rings is 3. The van der Waals surface area contributed by atoms with Gasteiger partial charge in [0.05, 0.1) is 46.0 Å². The quantitative estimate of drug-likeness (QED) is 0.314. The second kappa shape index (κ2) is 6.49. The van der Waals surface area contributed by atoms with E-state index in [-0.39, 0.29) is 5.69 Å². The predicted octanol–water partition coefficient (Wildman–Crippen LogP) is 5.53. The third-order valence-corrected chi connectivity index (χ3v) is 4.99. The summed E-state index contributed by atoms with van der Waals surface area (Å²) in [6.45, 7) is 0. The normalized spacial score (nSPS) is 11.2. The standard InChI is InChI=1S/C22H16N4O3/c1-29-19-12-13(26(27)28)10-11-18(19)25-21-14-6-2-4-8-16(14)23-20-15-7-3-5-9-17(15)24-22(20)21/h2-12,24H,1H3,(H,23,25). The molecule has 7 heteroatoms. The van der Waals surface area contributed by atoms with Gasteiger partial charge in [-0.05, 0) is 18.2 Å². The number of aromatic nitrogens is 2. The van der Waals surface area contributed by atoms with E-state index in [1.165, 1.54) is 19.2 Å². The lowest BCUT2D eigenvalue weighted by Crippen LogP contribution is -1.98. The van der Waals surface area contributed by atoms with Crippen LogP contribution in [0.1, 0.15) is 0 Å². The van der Waals surface area contributed by atoms with Crippen molar-refractivity contribution in [1.29, 1.82) is 0 Å². The average molecular weight is 384 g/mol. The molecule has 3 aromatic carbocycles. The Hall–Kier alpha value is -4.13. The van der Waals surface area contributed by atoms with Crippen molar-refractivity contribution in [3.63, 3.8) is 0 Å². The van der Waals surface area contributed by atoms with Gasteiger partial charge >= 0.3 is 0 Å². The lowest BCUT2D eigenvalue weighted by Gasteiger charge is -2.14. The number of nitrogens with zero attached hydrogens (tertiary/aromatic N) is 2. The molecule has 2 aromatic heterocycles. The summed E-state index contributed by atoms with van der Waals surface area (Å²) >= 11 is 0. The number of hydrogen-bond donors (Lipinski definition) is 2. The summed E-state index contributed by atoms with van der Waals surface area (Å²) < 4.78 is 5.40. The Bertz CT molecular complexity index is 1410. The molecule has 0 spiro atoms. The monoisotopic (exact) mass is 384 g/mol. The first kappa shape index (κ1) is 17.0. The van der Waals surface area contributed by atoms with Gasteiger partial charge in [0.25, 0.3) is 5.69 Å². The summed E-state index contributed by atoms with van der Waals surface area (Å²) in [5, 5.41) is 16.5. The molecule has 0 aliphatic rings. The highest BCUT2D eigenvalue weighted by molar-refractivity contribution is 6.16. The maximum Gasteiger partial charge on any atom is 0.273 e. The van der Waals surface area contributed by atoms with E-state index in [1.807, 2.05) is 48.5 Å². The van der Waals surface area contributed by atoms with Crippen molar-refractivity contribution in [3.8, 4) is 5.75 Å². The van der Waals surface area contributed by atoms with Gasteiger partial charge in [-0.1, -0.05) is 36.4 Å².